The maximum absolute atomic E-state index is 12.9. The van der Waals surface area contributed by atoms with Gasteiger partial charge in [0.15, 0.2) is 0 Å². The highest BCUT2D eigenvalue weighted by atomic mass is 35.5. The highest BCUT2D eigenvalue weighted by Gasteiger charge is 2.57. The Bertz CT molecular complexity index is 800. The number of carbonyl (C=O) groups is 1. The predicted molar refractivity (Wildman–Crippen MR) is 84.4 cm³/mol. The molecule has 0 bridgehead atoms. The topological polar surface area (TPSA) is 58.4 Å². The number of hydrogen-bond acceptors (Lipinski definition) is 3. The molecule has 1 N–H and O–H groups in total. The molecule has 0 saturated carbocycles. The lowest BCUT2D eigenvalue weighted by Gasteiger charge is -2.34. The Kier molecular flexibility index (Phi) is 4.28. The van der Waals surface area contributed by atoms with Crippen LogP contribution < -0.4 is 0 Å². The monoisotopic (exact) mass is 373 g/mol. The molecule has 1 atom stereocenters. The van der Waals surface area contributed by atoms with Crippen LogP contribution in [0.25, 0.3) is 5.69 Å². The molecule has 0 aliphatic carbocycles. The van der Waals surface area contributed by atoms with E-state index >= 15 is 0 Å². The lowest BCUT2D eigenvalue weighted by atomic mass is 10.0. The number of benzene rings is 1. The molecule has 134 valence electrons. The Morgan fingerprint density at radius 2 is 1.92 bits per heavy atom. The minimum atomic E-state index is -5.03. The van der Waals surface area contributed by atoms with Gasteiger partial charge in [0.1, 0.15) is 0 Å². The van der Waals surface area contributed by atoms with Gasteiger partial charge in [-0.3, -0.25) is 4.79 Å². The normalized spacial score (nSPS) is 17.1. The molecule has 5 nitrogen and oxygen atoms in total. The Morgan fingerprint density at radius 1 is 1.28 bits per heavy atom. The maximum Gasteiger partial charge on any atom is 0.426 e. The van der Waals surface area contributed by atoms with Gasteiger partial charge in [-0.15, -0.1) is 0 Å². The van der Waals surface area contributed by atoms with Crippen molar-refractivity contribution in [2.75, 3.05) is 6.54 Å². The average Bonchev–Trinajstić information content (AvgIpc) is 2.97. The Hall–Kier alpha value is -2.06. The summed E-state index contributed by atoms with van der Waals surface area (Å²) in [4.78, 5) is 13.1. The number of fused-ring (bicyclic) bond motifs is 1. The molecule has 2 aromatic rings. The quantitative estimate of drug-likeness (QED) is 0.880. The summed E-state index contributed by atoms with van der Waals surface area (Å²) in [6.45, 7) is 0.507. The van der Waals surface area contributed by atoms with Gasteiger partial charge in [0.2, 0.25) is 5.60 Å². The van der Waals surface area contributed by atoms with Crippen LogP contribution in [0.2, 0.25) is 5.02 Å². The van der Waals surface area contributed by atoms with Crippen LogP contribution in [-0.4, -0.2) is 44.0 Å². The van der Waals surface area contributed by atoms with Crippen LogP contribution in [-0.2, 0) is 17.8 Å². The van der Waals surface area contributed by atoms with E-state index in [1.165, 1.54) is 6.20 Å². The molecule has 2 heterocycles. The van der Waals surface area contributed by atoms with Crippen molar-refractivity contribution in [3.63, 3.8) is 0 Å². The van der Waals surface area contributed by atoms with Gasteiger partial charge in [-0.2, -0.15) is 18.3 Å². The molecule has 9 heteroatoms. The summed E-state index contributed by atoms with van der Waals surface area (Å²) in [5, 5.41) is 14.4. The first-order chi connectivity index (χ1) is 11.6. The first kappa shape index (κ1) is 17.8. The molecule has 1 amide bonds. The van der Waals surface area contributed by atoms with Gasteiger partial charge in [-0.1, -0.05) is 11.6 Å². The standard InChI is InChI=1S/C16H15ClF3N3O2/c1-15(25,16(18,19)20)14(24)22-7-6-13-10(9-22)8-21-23(13)12-4-2-11(17)3-5-12/h2-5,8,25H,6-7,9H2,1H3/t15-/m1/s1. The number of halogens is 4. The Balaban J connectivity index is 1.84. The van der Waals surface area contributed by atoms with Crippen LogP contribution >= 0.6 is 11.6 Å². The molecule has 3 rings (SSSR count). The minimum Gasteiger partial charge on any atom is -0.373 e. The first-order valence-corrected chi connectivity index (χ1v) is 7.89. The number of rotatable bonds is 2. The van der Waals surface area contributed by atoms with Crippen molar-refractivity contribution < 1.29 is 23.1 Å². The zero-order valence-corrected chi connectivity index (χ0v) is 14.0. The number of hydrogen-bond donors (Lipinski definition) is 1. The van der Waals surface area contributed by atoms with Crippen molar-refractivity contribution in [3.8, 4) is 5.69 Å². The summed E-state index contributed by atoms with van der Waals surface area (Å²) < 4.78 is 40.3. The van der Waals surface area contributed by atoms with E-state index in [2.05, 4.69) is 5.10 Å². The van der Waals surface area contributed by atoms with Crippen molar-refractivity contribution >= 4 is 17.5 Å². The third-order valence-electron chi connectivity index (χ3n) is 4.26. The van der Waals surface area contributed by atoms with E-state index in [4.69, 9.17) is 11.6 Å². The summed E-state index contributed by atoms with van der Waals surface area (Å²) >= 11 is 5.86. The van der Waals surface area contributed by atoms with E-state index in [-0.39, 0.29) is 13.1 Å². The molecule has 0 radical (unpaired) electrons. The maximum atomic E-state index is 12.9. The van der Waals surface area contributed by atoms with Crippen LogP contribution in [0.1, 0.15) is 18.2 Å². The van der Waals surface area contributed by atoms with Gasteiger partial charge in [0.05, 0.1) is 17.6 Å². The third kappa shape index (κ3) is 3.11. The molecule has 0 fully saturated rings. The van der Waals surface area contributed by atoms with E-state index in [9.17, 15) is 23.1 Å². The third-order valence-corrected chi connectivity index (χ3v) is 4.51. The lowest BCUT2D eigenvalue weighted by molar-refractivity contribution is -0.250. The van der Waals surface area contributed by atoms with Crippen LogP contribution in [0.5, 0.6) is 0 Å². The van der Waals surface area contributed by atoms with Crippen LogP contribution in [0, 0.1) is 0 Å². The van der Waals surface area contributed by atoms with Gasteiger partial charge in [-0.05, 0) is 31.2 Å². The summed E-state index contributed by atoms with van der Waals surface area (Å²) in [6.07, 6.45) is -3.18. The smallest absolute Gasteiger partial charge is 0.373 e. The number of amides is 1. The fourth-order valence-corrected chi connectivity index (χ4v) is 2.87. The van der Waals surface area contributed by atoms with E-state index in [1.54, 1.807) is 28.9 Å². The molecule has 1 aromatic carbocycles. The van der Waals surface area contributed by atoms with E-state index in [0.717, 1.165) is 16.3 Å². The Labute approximate surface area is 146 Å². The SMILES string of the molecule is C[C@@](O)(C(=O)N1CCc2c(cnn2-c2ccc(Cl)cc2)C1)C(F)(F)F. The lowest BCUT2D eigenvalue weighted by Crippen LogP contribution is -2.56. The van der Waals surface area contributed by atoms with Gasteiger partial charge in [-0.25, -0.2) is 4.68 Å². The zero-order chi connectivity index (χ0) is 18.4. The molecular weight excluding hydrogens is 359 g/mol. The van der Waals surface area contributed by atoms with Gasteiger partial charge < -0.3 is 10.0 Å². The largest absolute Gasteiger partial charge is 0.426 e. The number of alkyl halides is 3. The van der Waals surface area contributed by atoms with Crippen molar-refractivity contribution in [1.29, 1.82) is 0 Å². The van der Waals surface area contributed by atoms with Crippen molar-refractivity contribution in [3.05, 3.63) is 46.7 Å². The van der Waals surface area contributed by atoms with Gasteiger partial charge in [0, 0.05) is 30.1 Å². The molecule has 0 saturated heterocycles. The predicted octanol–water partition coefficient (Wildman–Crippen LogP) is 2.72. The second-order valence-electron chi connectivity index (χ2n) is 6.05. The van der Waals surface area contributed by atoms with Crippen LogP contribution in [0.15, 0.2) is 30.5 Å². The first-order valence-electron chi connectivity index (χ1n) is 7.51. The zero-order valence-electron chi connectivity index (χ0n) is 13.2. The summed E-state index contributed by atoms with van der Waals surface area (Å²) in [5.74, 6) is -1.36. The fraction of sp³-hybridized carbons (Fsp3) is 0.375. The van der Waals surface area contributed by atoms with E-state index in [0.29, 0.717) is 23.9 Å². The fourth-order valence-electron chi connectivity index (χ4n) is 2.74. The molecule has 0 spiro atoms. The van der Waals surface area contributed by atoms with Gasteiger partial charge >= 0.3 is 6.18 Å². The van der Waals surface area contributed by atoms with Gasteiger partial charge in [0.25, 0.3) is 5.91 Å². The number of nitrogens with zero attached hydrogens (tertiary/aromatic N) is 3. The summed E-state index contributed by atoms with van der Waals surface area (Å²) in [6, 6.07) is 6.98. The summed E-state index contributed by atoms with van der Waals surface area (Å²) in [7, 11) is 0. The molecule has 1 aromatic heterocycles. The number of aromatic nitrogens is 2. The molecule has 0 unspecified atom stereocenters. The molecular formula is C16H15ClF3N3O2. The van der Waals surface area contributed by atoms with Crippen LogP contribution in [0.4, 0.5) is 13.2 Å². The molecule has 1 aliphatic rings. The number of aliphatic hydroxyl groups is 1. The number of carbonyl (C=O) groups excluding carboxylic acids is 1. The second-order valence-corrected chi connectivity index (χ2v) is 6.49. The van der Waals surface area contributed by atoms with Crippen LogP contribution in [0.3, 0.4) is 0 Å². The molecule has 1 aliphatic heterocycles. The Morgan fingerprint density at radius 3 is 2.52 bits per heavy atom. The van der Waals surface area contributed by atoms with E-state index < -0.39 is 17.7 Å². The van der Waals surface area contributed by atoms with Crippen molar-refractivity contribution in [2.45, 2.75) is 31.7 Å². The van der Waals surface area contributed by atoms with E-state index in [1.807, 2.05) is 0 Å². The highest BCUT2D eigenvalue weighted by Crippen LogP contribution is 2.33. The summed E-state index contributed by atoms with van der Waals surface area (Å²) in [5.41, 5.74) is -1.17. The second kappa shape index (κ2) is 6.03. The minimum absolute atomic E-state index is 0.0337. The van der Waals surface area contributed by atoms with Crippen molar-refractivity contribution in [2.24, 2.45) is 0 Å². The highest BCUT2D eigenvalue weighted by molar-refractivity contribution is 6.30. The molecule has 25 heavy (non-hydrogen) atoms. The average molecular weight is 374 g/mol. The van der Waals surface area contributed by atoms with Crippen molar-refractivity contribution in [1.82, 2.24) is 14.7 Å².